The first-order chi connectivity index (χ1) is 4.30. The maximum Gasteiger partial charge on any atom is 1.00 e. The summed E-state index contributed by atoms with van der Waals surface area (Å²) in [4.78, 5) is 10.1. The summed E-state index contributed by atoms with van der Waals surface area (Å²) in [7, 11) is 0. The Kier molecular flexibility index (Phi) is 7.63. The van der Waals surface area contributed by atoms with E-state index in [1.165, 1.54) is 12.1 Å². The molecule has 1 radical (unpaired) electrons. The number of carboxylic acids is 1. The molecule has 0 bridgehead atoms. The second-order valence-electron chi connectivity index (χ2n) is 1.65. The Morgan fingerprint density at radius 1 is 1.18 bits per heavy atom. The maximum atomic E-state index is 10.1. The number of hydrogen-bond donors (Lipinski definition) is 0. The number of rotatable bonds is 1. The molecule has 0 aliphatic heterocycles. The molecule has 1 rings (SSSR count). The van der Waals surface area contributed by atoms with Crippen LogP contribution in [-0.4, -0.2) is 5.97 Å². The van der Waals surface area contributed by atoms with Gasteiger partial charge in [-0.2, -0.15) is 0 Å². The number of carbonyl (C=O) groups is 1. The monoisotopic (exact) mass is 339 g/mol. The van der Waals surface area contributed by atoms with E-state index < -0.39 is 5.97 Å². The van der Waals surface area contributed by atoms with E-state index in [2.05, 4.69) is 0 Å². The van der Waals surface area contributed by atoms with E-state index in [0.717, 1.165) is 0 Å². The minimum atomic E-state index is -1.13. The zero-order chi connectivity index (χ0) is 6.69. The summed E-state index contributed by atoms with van der Waals surface area (Å²) in [6, 6.07) is 8.06. The molecule has 0 atom stereocenters. The van der Waals surface area contributed by atoms with Crippen LogP contribution in [0, 0.1) is 0 Å². The molecular weight excluding hydrogens is 329 g/mol. The minimum absolute atomic E-state index is 0. The second kappa shape index (κ2) is 6.34. The van der Waals surface area contributed by atoms with Crippen LogP contribution in [0.2, 0.25) is 0 Å². The Balaban J connectivity index is 0. The molecule has 2 nitrogen and oxygen atoms in total. The van der Waals surface area contributed by atoms with Crippen molar-refractivity contribution < 1.29 is 37.6 Å². The molecule has 0 heterocycles. The summed E-state index contributed by atoms with van der Waals surface area (Å²) in [6.07, 6.45) is 0. The van der Waals surface area contributed by atoms with Crippen LogP contribution in [0.1, 0.15) is 17.8 Å². The molecule has 0 saturated carbocycles. The number of carboxylic acid groups (broad SMARTS) is 1. The SMILES string of the molecule is C.O=C([O-])c1ccccc1.[Hg+]. The zero-order valence-electron chi connectivity index (χ0n) is 5.41. The molecule has 0 aromatic heterocycles. The molecule has 3 heteroatoms. The van der Waals surface area contributed by atoms with Gasteiger partial charge in [-0.1, -0.05) is 37.8 Å². The molecule has 0 unspecified atom stereocenters. The van der Waals surface area contributed by atoms with Crippen molar-refractivity contribution in [3.63, 3.8) is 0 Å². The van der Waals surface area contributed by atoms with E-state index in [-0.39, 0.29) is 40.7 Å². The fourth-order valence-electron chi connectivity index (χ4n) is 0.574. The summed E-state index contributed by atoms with van der Waals surface area (Å²) in [5, 5.41) is 10.1. The maximum absolute atomic E-state index is 10.1. The van der Waals surface area contributed by atoms with Crippen molar-refractivity contribution in [1.82, 2.24) is 0 Å². The van der Waals surface area contributed by atoms with Crippen molar-refractivity contribution in [3.8, 4) is 0 Å². The summed E-state index contributed by atoms with van der Waals surface area (Å²) < 4.78 is 0. The Labute approximate surface area is 86.8 Å². The number of hydrogen-bond acceptors (Lipinski definition) is 2. The number of aromatic carboxylic acids is 1. The standard InChI is InChI=1S/C7H6O2.CH4.Hg/c8-7(9)6-4-2-1-3-5-6;;/h1-5H,(H,8,9);1H4;/q;;+1/p-1. The van der Waals surface area contributed by atoms with E-state index in [1.54, 1.807) is 18.2 Å². The molecule has 1 aromatic rings. The third-order valence-electron chi connectivity index (χ3n) is 1.01. The van der Waals surface area contributed by atoms with Gasteiger partial charge in [-0.25, -0.2) is 0 Å². The minimum Gasteiger partial charge on any atom is -0.545 e. The van der Waals surface area contributed by atoms with Gasteiger partial charge in [-0.05, 0) is 5.56 Å². The Morgan fingerprint density at radius 3 is 1.91 bits per heavy atom. The first-order valence-electron chi connectivity index (χ1n) is 2.57. The third-order valence-corrected chi connectivity index (χ3v) is 1.01. The number of carbonyl (C=O) groups excluding carboxylic acids is 1. The van der Waals surface area contributed by atoms with Crippen LogP contribution >= 0.6 is 0 Å². The van der Waals surface area contributed by atoms with Crippen molar-refractivity contribution in [2.24, 2.45) is 0 Å². The predicted molar refractivity (Wildman–Crippen MR) is 37.5 cm³/mol. The van der Waals surface area contributed by atoms with Crippen molar-refractivity contribution in [1.29, 1.82) is 0 Å². The summed E-state index contributed by atoms with van der Waals surface area (Å²) >= 11 is 0. The van der Waals surface area contributed by atoms with Crippen LogP contribution < -0.4 is 5.11 Å². The Hall–Kier alpha value is -0.375. The predicted octanol–water partition coefficient (Wildman–Crippen LogP) is 0.684. The molecule has 0 amide bonds. The molecule has 0 N–H and O–H groups in total. The van der Waals surface area contributed by atoms with Gasteiger partial charge in [0.15, 0.2) is 0 Å². The van der Waals surface area contributed by atoms with Gasteiger partial charge in [0.05, 0.1) is 5.97 Å². The van der Waals surface area contributed by atoms with Crippen LogP contribution in [0.4, 0.5) is 0 Å². The number of benzene rings is 1. The van der Waals surface area contributed by atoms with E-state index in [1.807, 2.05) is 0 Å². The molecule has 0 aliphatic rings. The normalized spacial score (nSPS) is 7.27. The van der Waals surface area contributed by atoms with Crippen LogP contribution in [0.3, 0.4) is 0 Å². The van der Waals surface area contributed by atoms with Crippen molar-refractivity contribution >= 4 is 5.97 Å². The van der Waals surface area contributed by atoms with E-state index in [4.69, 9.17) is 0 Å². The van der Waals surface area contributed by atoms with Gasteiger partial charge in [0, 0.05) is 0 Å². The molecule has 0 saturated heterocycles. The average molecular weight is 338 g/mol. The average Bonchev–Trinajstić information content (AvgIpc) is 1.90. The van der Waals surface area contributed by atoms with Gasteiger partial charge < -0.3 is 9.90 Å². The van der Waals surface area contributed by atoms with Crippen molar-refractivity contribution in [2.75, 3.05) is 0 Å². The van der Waals surface area contributed by atoms with E-state index in [9.17, 15) is 9.90 Å². The van der Waals surface area contributed by atoms with Crippen molar-refractivity contribution in [3.05, 3.63) is 35.9 Å². The van der Waals surface area contributed by atoms with Crippen LogP contribution in [0.25, 0.3) is 0 Å². The molecular formula is C8H9HgO2. The quantitative estimate of drug-likeness (QED) is 0.707. The van der Waals surface area contributed by atoms with Crippen molar-refractivity contribution in [2.45, 2.75) is 7.43 Å². The molecule has 0 fully saturated rings. The van der Waals surface area contributed by atoms with Crippen LogP contribution in [0.15, 0.2) is 30.3 Å². The molecule has 11 heavy (non-hydrogen) atoms. The third kappa shape index (κ3) is 4.14. The van der Waals surface area contributed by atoms with E-state index >= 15 is 0 Å². The molecule has 0 aliphatic carbocycles. The van der Waals surface area contributed by atoms with Gasteiger partial charge in [0.25, 0.3) is 0 Å². The van der Waals surface area contributed by atoms with E-state index in [0.29, 0.717) is 0 Å². The summed E-state index contributed by atoms with van der Waals surface area (Å²) in [5.74, 6) is -1.13. The smallest absolute Gasteiger partial charge is 0.545 e. The van der Waals surface area contributed by atoms with Gasteiger partial charge in [-0.3, -0.25) is 0 Å². The van der Waals surface area contributed by atoms with Crippen LogP contribution in [-0.2, 0) is 27.7 Å². The fraction of sp³-hybridized carbons (Fsp3) is 0.125. The first-order valence-corrected chi connectivity index (χ1v) is 2.57. The molecule has 55 valence electrons. The van der Waals surface area contributed by atoms with Gasteiger partial charge in [0.2, 0.25) is 0 Å². The zero-order valence-corrected chi connectivity index (χ0v) is 10.9. The molecule has 1 aromatic carbocycles. The summed E-state index contributed by atoms with van der Waals surface area (Å²) in [6.45, 7) is 0. The largest absolute Gasteiger partial charge is 1.00 e. The molecule has 0 spiro atoms. The second-order valence-corrected chi connectivity index (χ2v) is 1.65. The summed E-state index contributed by atoms with van der Waals surface area (Å²) in [5.41, 5.74) is 0.220. The van der Waals surface area contributed by atoms with Gasteiger partial charge in [0.1, 0.15) is 0 Å². The fourth-order valence-corrected chi connectivity index (χ4v) is 0.574. The first kappa shape index (κ1) is 13.2. The van der Waals surface area contributed by atoms with Crippen LogP contribution in [0.5, 0.6) is 0 Å². The van der Waals surface area contributed by atoms with Gasteiger partial charge >= 0.3 is 27.7 Å². The Bertz CT molecular complexity index is 209. The topological polar surface area (TPSA) is 40.1 Å². The van der Waals surface area contributed by atoms with Gasteiger partial charge in [-0.15, -0.1) is 0 Å². The Morgan fingerprint density at radius 2 is 1.64 bits per heavy atom.